The average Bonchev–Trinajstić information content (AvgIpc) is 3.25. The molecule has 3 heterocycles. The van der Waals surface area contributed by atoms with E-state index in [1.807, 2.05) is 17.1 Å². The summed E-state index contributed by atoms with van der Waals surface area (Å²) >= 11 is 0. The number of fused-ring (bicyclic) bond motifs is 1. The van der Waals surface area contributed by atoms with Gasteiger partial charge in [0.1, 0.15) is 11.3 Å². The summed E-state index contributed by atoms with van der Waals surface area (Å²) in [6, 6.07) is 9.43. The van der Waals surface area contributed by atoms with Crippen molar-refractivity contribution in [1.82, 2.24) is 19.4 Å². The Bertz CT molecular complexity index is 1150. The number of hydrogen-bond acceptors (Lipinski definition) is 4. The molecule has 3 atom stereocenters. The number of halogens is 1. The molecule has 0 bridgehead atoms. The maximum Gasteiger partial charge on any atom is 0.250 e. The van der Waals surface area contributed by atoms with Crippen LogP contribution in [0.4, 0.5) is 4.39 Å². The summed E-state index contributed by atoms with van der Waals surface area (Å²) in [4.78, 5) is 16.6. The van der Waals surface area contributed by atoms with Crippen LogP contribution >= 0.6 is 0 Å². The highest BCUT2D eigenvalue weighted by Crippen LogP contribution is 2.31. The third-order valence-electron chi connectivity index (χ3n) is 7.14. The van der Waals surface area contributed by atoms with Gasteiger partial charge in [-0.25, -0.2) is 4.39 Å². The Kier molecular flexibility index (Phi) is 6.38. The van der Waals surface area contributed by atoms with Gasteiger partial charge in [-0.1, -0.05) is 26.8 Å². The fourth-order valence-electron chi connectivity index (χ4n) is 5.11. The van der Waals surface area contributed by atoms with E-state index < -0.39 is 0 Å². The minimum absolute atomic E-state index is 0.0276. The molecular formula is C25H34FN5O. The van der Waals surface area contributed by atoms with Gasteiger partial charge in [-0.2, -0.15) is 9.89 Å². The molecule has 1 saturated heterocycles. The molecule has 0 N–H and O–H groups in total. The number of aryl methyl sites for hydroxylation is 2. The molecule has 1 aliphatic heterocycles. The van der Waals surface area contributed by atoms with Gasteiger partial charge in [0.05, 0.1) is 24.3 Å². The van der Waals surface area contributed by atoms with Crippen LogP contribution in [-0.2, 0) is 13.5 Å². The number of aromatic nitrogens is 3. The fraction of sp³-hybridized carbons (Fsp3) is 0.520. The van der Waals surface area contributed by atoms with Crippen LogP contribution in [0.3, 0.4) is 0 Å². The van der Waals surface area contributed by atoms with Crippen molar-refractivity contribution in [2.45, 2.75) is 65.1 Å². The zero-order chi connectivity index (χ0) is 23.0. The second-order valence-electron chi connectivity index (χ2n) is 8.87. The van der Waals surface area contributed by atoms with Gasteiger partial charge in [-0.3, -0.25) is 14.7 Å². The largest absolute Gasteiger partial charge is 0.308 e. The van der Waals surface area contributed by atoms with Crippen LogP contribution in [0.25, 0.3) is 11.0 Å². The smallest absolute Gasteiger partial charge is 0.250 e. The number of hydrogen-bond donors (Lipinski definition) is 0. The van der Waals surface area contributed by atoms with Gasteiger partial charge in [-0.15, -0.1) is 0 Å². The third-order valence-corrected chi connectivity index (χ3v) is 7.14. The van der Waals surface area contributed by atoms with E-state index in [2.05, 4.69) is 37.6 Å². The molecule has 6 nitrogen and oxygen atoms in total. The van der Waals surface area contributed by atoms with Gasteiger partial charge in [0.25, 0.3) is 5.56 Å². The summed E-state index contributed by atoms with van der Waals surface area (Å²) < 4.78 is 15.5. The van der Waals surface area contributed by atoms with E-state index in [0.29, 0.717) is 6.04 Å². The topological polar surface area (TPSA) is 46.3 Å². The van der Waals surface area contributed by atoms with E-state index >= 15 is 0 Å². The first-order valence-corrected chi connectivity index (χ1v) is 11.7. The molecule has 0 radical (unpaired) electrons. The van der Waals surface area contributed by atoms with E-state index in [1.165, 1.54) is 5.56 Å². The molecule has 172 valence electrons. The van der Waals surface area contributed by atoms with E-state index in [1.54, 1.807) is 35.9 Å². The molecule has 0 amide bonds. The molecule has 3 aromatic rings. The molecule has 32 heavy (non-hydrogen) atoms. The summed E-state index contributed by atoms with van der Waals surface area (Å²) in [5, 5.41) is 7.13. The van der Waals surface area contributed by atoms with Crippen molar-refractivity contribution in [3.63, 3.8) is 0 Å². The number of pyridine rings is 1. The lowest BCUT2D eigenvalue weighted by molar-refractivity contribution is 0.0851. The minimum Gasteiger partial charge on any atom is -0.308 e. The zero-order valence-electron chi connectivity index (χ0n) is 19.8. The molecule has 0 aliphatic carbocycles. The first kappa shape index (κ1) is 22.5. The molecule has 0 saturated carbocycles. The zero-order valence-corrected chi connectivity index (χ0v) is 19.8. The number of benzene rings is 1. The number of piperazine rings is 1. The van der Waals surface area contributed by atoms with Crippen LogP contribution in [0.1, 0.15) is 57.7 Å². The Labute approximate surface area is 189 Å². The summed E-state index contributed by atoms with van der Waals surface area (Å²) in [6.07, 6.45) is 4.79. The molecule has 0 spiro atoms. The van der Waals surface area contributed by atoms with Crippen LogP contribution < -0.4 is 10.6 Å². The van der Waals surface area contributed by atoms with Crippen LogP contribution in [0.5, 0.6) is 0 Å². The van der Waals surface area contributed by atoms with E-state index in [0.717, 1.165) is 48.9 Å². The molecule has 1 fully saturated rings. The highest BCUT2D eigenvalue weighted by atomic mass is 19.1. The lowest BCUT2D eigenvalue weighted by atomic mass is 9.94. The Hall–Kier alpha value is -2.67. The quantitative estimate of drug-likeness (QED) is 0.582. The van der Waals surface area contributed by atoms with Crippen molar-refractivity contribution < 1.29 is 4.39 Å². The summed E-state index contributed by atoms with van der Waals surface area (Å²) in [5.74, 6) is -0.166. The van der Waals surface area contributed by atoms with Gasteiger partial charge in [-0.05, 0) is 55.5 Å². The minimum atomic E-state index is -0.166. The molecular weight excluding hydrogens is 405 g/mol. The predicted molar refractivity (Wildman–Crippen MR) is 127 cm³/mol. The van der Waals surface area contributed by atoms with Gasteiger partial charge < -0.3 is 4.57 Å². The lowest BCUT2D eigenvalue weighted by Crippen LogP contribution is -2.62. The standard InChI is InChI=1S/C25H34FN5O/c1-6-18-13-19(26)9-10-22(18)17(4)29-14-21(8-3)30(15-20(29)7-2)31-16-24-23(27-31)11-12-25(32)28(24)5/h9-13,16-17,20-21H,6-8,14-15H2,1-5H3/t17?,20-,21+/m1/s1. The Morgan fingerprint density at radius 1 is 1.09 bits per heavy atom. The summed E-state index contributed by atoms with van der Waals surface area (Å²) in [5.41, 5.74) is 3.94. The van der Waals surface area contributed by atoms with E-state index in [4.69, 9.17) is 5.10 Å². The summed E-state index contributed by atoms with van der Waals surface area (Å²) in [7, 11) is 1.79. The van der Waals surface area contributed by atoms with Gasteiger partial charge >= 0.3 is 0 Å². The second kappa shape index (κ2) is 9.06. The summed E-state index contributed by atoms with van der Waals surface area (Å²) in [6.45, 7) is 10.5. The van der Waals surface area contributed by atoms with Crippen LogP contribution in [0.2, 0.25) is 0 Å². The van der Waals surface area contributed by atoms with Crippen molar-refractivity contribution in [2.75, 3.05) is 18.1 Å². The Morgan fingerprint density at radius 2 is 1.84 bits per heavy atom. The average molecular weight is 440 g/mol. The van der Waals surface area contributed by atoms with E-state index in [-0.39, 0.29) is 23.5 Å². The highest BCUT2D eigenvalue weighted by Gasteiger charge is 2.36. The van der Waals surface area contributed by atoms with E-state index in [9.17, 15) is 9.18 Å². The highest BCUT2D eigenvalue weighted by molar-refractivity contribution is 5.73. The fourth-order valence-corrected chi connectivity index (χ4v) is 5.11. The molecule has 7 heteroatoms. The van der Waals surface area contributed by atoms with Crippen molar-refractivity contribution in [1.29, 1.82) is 0 Å². The molecule has 4 rings (SSSR count). The lowest BCUT2D eigenvalue weighted by Gasteiger charge is -2.49. The Morgan fingerprint density at radius 3 is 2.53 bits per heavy atom. The van der Waals surface area contributed by atoms with Gasteiger partial charge in [0, 0.05) is 31.7 Å². The second-order valence-corrected chi connectivity index (χ2v) is 8.87. The third kappa shape index (κ3) is 3.94. The number of rotatable bonds is 6. The SMILES string of the molecule is CCc1cc(F)ccc1C(C)N1C[C@H](CC)N(n2cc3c(ccc(=O)n3C)n2)C[C@H]1CC. The van der Waals surface area contributed by atoms with Crippen molar-refractivity contribution in [3.05, 3.63) is 63.8 Å². The molecule has 1 aromatic carbocycles. The predicted octanol–water partition coefficient (Wildman–Crippen LogP) is 4.01. The normalized spacial score (nSPS) is 20.8. The van der Waals surface area contributed by atoms with Gasteiger partial charge in [0.15, 0.2) is 0 Å². The number of nitrogens with zero attached hydrogens (tertiary/aromatic N) is 5. The first-order valence-electron chi connectivity index (χ1n) is 11.7. The maximum absolute atomic E-state index is 13.8. The van der Waals surface area contributed by atoms with Crippen molar-refractivity contribution in [2.24, 2.45) is 7.05 Å². The Balaban J connectivity index is 1.66. The first-order chi connectivity index (χ1) is 15.4. The molecule has 1 unspecified atom stereocenters. The van der Waals surface area contributed by atoms with Gasteiger partial charge in [0.2, 0.25) is 0 Å². The van der Waals surface area contributed by atoms with Crippen LogP contribution in [0, 0.1) is 5.82 Å². The molecule has 1 aliphatic rings. The maximum atomic E-state index is 13.8. The van der Waals surface area contributed by atoms with Crippen LogP contribution in [0.15, 0.2) is 41.3 Å². The molecule has 2 aromatic heterocycles. The van der Waals surface area contributed by atoms with Crippen molar-refractivity contribution in [3.8, 4) is 0 Å². The monoisotopic (exact) mass is 439 g/mol. The van der Waals surface area contributed by atoms with Crippen molar-refractivity contribution >= 4 is 11.0 Å². The van der Waals surface area contributed by atoms with Crippen LogP contribution in [-0.4, -0.2) is 44.5 Å².